The van der Waals surface area contributed by atoms with Crippen molar-refractivity contribution in [3.8, 4) is 0 Å². The number of ether oxygens (including phenoxy) is 1. The molecule has 0 radical (unpaired) electrons. The molecular formula is C15H14ClN5O6. The summed E-state index contributed by atoms with van der Waals surface area (Å²) in [5.74, 6) is -1.65. The molecule has 0 bridgehead atoms. The summed E-state index contributed by atoms with van der Waals surface area (Å²) in [4.78, 5) is 40.5. The third kappa shape index (κ3) is 5.78. The van der Waals surface area contributed by atoms with Crippen molar-refractivity contribution >= 4 is 35.2 Å². The van der Waals surface area contributed by atoms with Gasteiger partial charge >= 0.3 is 17.7 Å². The number of carboxylic acids is 1. The summed E-state index contributed by atoms with van der Waals surface area (Å²) in [5.41, 5.74) is 0.124. The van der Waals surface area contributed by atoms with Crippen LogP contribution in [0.2, 0.25) is 5.15 Å². The fraction of sp³-hybridized carbons (Fsp3) is 0.200. The lowest BCUT2D eigenvalue weighted by atomic mass is 10.2. The summed E-state index contributed by atoms with van der Waals surface area (Å²) < 4.78 is 4.95. The normalized spacial score (nSPS) is 11.3. The van der Waals surface area contributed by atoms with E-state index in [2.05, 4.69) is 20.6 Å². The number of amides is 1. The maximum Gasteiger partial charge on any atom is 0.408 e. The van der Waals surface area contributed by atoms with Crippen LogP contribution in [0.15, 0.2) is 36.7 Å². The molecule has 27 heavy (non-hydrogen) atoms. The monoisotopic (exact) mass is 395 g/mol. The first kappa shape index (κ1) is 19.8. The summed E-state index contributed by atoms with van der Waals surface area (Å²) in [5, 5.41) is 24.4. The molecule has 0 saturated carbocycles. The summed E-state index contributed by atoms with van der Waals surface area (Å²) in [6.07, 6.45) is 0.0258. The van der Waals surface area contributed by atoms with Crippen LogP contribution in [0.4, 0.5) is 16.3 Å². The van der Waals surface area contributed by atoms with Crippen molar-refractivity contribution in [1.29, 1.82) is 0 Å². The molecular weight excluding hydrogens is 382 g/mol. The molecule has 1 aromatic carbocycles. The predicted molar refractivity (Wildman–Crippen MR) is 93.4 cm³/mol. The van der Waals surface area contributed by atoms with E-state index in [1.807, 2.05) is 0 Å². The molecule has 0 aliphatic rings. The molecule has 0 unspecified atom stereocenters. The van der Waals surface area contributed by atoms with Gasteiger partial charge in [-0.3, -0.25) is 10.1 Å². The second-order valence-corrected chi connectivity index (χ2v) is 5.45. The standard InChI is InChI=1S/C15H14ClN5O6/c16-12-11(21(25)26)13(19-8-18-12)17-6-10(14(22)23)20-15(24)27-7-9-4-2-1-3-5-9/h1-5,8,10H,6-7H2,(H,20,24)(H,22,23)(H,17,18,19)/t10-/m0/s1. The first-order valence-corrected chi connectivity index (χ1v) is 7.85. The Hall–Kier alpha value is -3.47. The molecule has 1 aromatic heterocycles. The van der Waals surface area contributed by atoms with Gasteiger partial charge in [-0.05, 0) is 5.56 Å². The molecule has 0 spiro atoms. The van der Waals surface area contributed by atoms with Gasteiger partial charge in [0.25, 0.3) is 0 Å². The Kier molecular flexibility index (Phi) is 6.83. The van der Waals surface area contributed by atoms with Gasteiger partial charge in [-0.15, -0.1) is 0 Å². The van der Waals surface area contributed by atoms with Gasteiger partial charge in [-0.25, -0.2) is 19.6 Å². The molecule has 3 N–H and O–H groups in total. The van der Waals surface area contributed by atoms with E-state index in [1.54, 1.807) is 30.3 Å². The number of hydrogen-bond acceptors (Lipinski definition) is 8. The smallest absolute Gasteiger partial charge is 0.408 e. The molecule has 11 nitrogen and oxygen atoms in total. The molecule has 0 saturated heterocycles. The van der Waals surface area contributed by atoms with Gasteiger partial charge in [0.2, 0.25) is 11.0 Å². The number of hydrogen-bond donors (Lipinski definition) is 3. The lowest BCUT2D eigenvalue weighted by molar-refractivity contribution is -0.384. The van der Waals surface area contributed by atoms with Crippen LogP contribution in [0.1, 0.15) is 5.56 Å². The zero-order valence-electron chi connectivity index (χ0n) is 13.7. The van der Waals surface area contributed by atoms with Crippen LogP contribution in [0.5, 0.6) is 0 Å². The molecule has 0 aliphatic heterocycles. The fourth-order valence-corrected chi connectivity index (χ4v) is 2.16. The van der Waals surface area contributed by atoms with Crippen molar-refractivity contribution in [3.63, 3.8) is 0 Å². The maximum atomic E-state index is 11.8. The molecule has 0 fully saturated rings. The summed E-state index contributed by atoms with van der Waals surface area (Å²) in [6, 6.07) is 7.37. The highest BCUT2D eigenvalue weighted by Crippen LogP contribution is 2.28. The Labute approximate surface area is 157 Å². The van der Waals surface area contributed by atoms with Gasteiger partial charge in [0.1, 0.15) is 19.0 Å². The molecule has 2 rings (SSSR count). The highest BCUT2D eigenvalue weighted by Gasteiger charge is 2.25. The van der Waals surface area contributed by atoms with Gasteiger partial charge < -0.3 is 20.5 Å². The third-order valence-electron chi connectivity index (χ3n) is 3.24. The van der Waals surface area contributed by atoms with Crippen LogP contribution in [-0.2, 0) is 16.1 Å². The van der Waals surface area contributed by atoms with Gasteiger partial charge in [0.15, 0.2) is 0 Å². The SMILES string of the molecule is O=C(N[C@@H](CNc1ncnc(Cl)c1[N+](=O)[O-])C(=O)O)OCc1ccccc1. The Bertz CT molecular complexity index is 835. The van der Waals surface area contributed by atoms with Gasteiger partial charge in [0, 0.05) is 6.54 Å². The lowest BCUT2D eigenvalue weighted by Crippen LogP contribution is -2.45. The quantitative estimate of drug-likeness (QED) is 0.344. The number of aromatic nitrogens is 2. The maximum absolute atomic E-state index is 11.8. The second kappa shape index (κ2) is 9.29. The van der Waals surface area contributed by atoms with E-state index >= 15 is 0 Å². The minimum atomic E-state index is -1.43. The Morgan fingerprint density at radius 1 is 1.30 bits per heavy atom. The number of halogens is 1. The summed E-state index contributed by atoms with van der Waals surface area (Å²) >= 11 is 5.65. The molecule has 0 aliphatic carbocycles. The second-order valence-electron chi connectivity index (χ2n) is 5.10. The fourth-order valence-electron chi connectivity index (χ4n) is 1.95. The van der Waals surface area contributed by atoms with Crippen LogP contribution in [0.3, 0.4) is 0 Å². The Balaban J connectivity index is 1.96. The summed E-state index contributed by atoms with van der Waals surface area (Å²) in [6.45, 7) is -0.441. The van der Waals surface area contributed by atoms with Gasteiger partial charge in [-0.2, -0.15) is 0 Å². The number of carbonyl (C=O) groups excluding carboxylic acids is 1. The molecule has 1 amide bonds. The zero-order valence-corrected chi connectivity index (χ0v) is 14.4. The lowest BCUT2D eigenvalue weighted by Gasteiger charge is -2.15. The number of anilines is 1. The average Bonchev–Trinajstić information content (AvgIpc) is 2.63. The van der Waals surface area contributed by atoms with Crippen LogP contribution in [0, 0.1) is 10.1 Å². The van der Waals surface area contributed by atoms with Crippen LogP contribution in [0.25, 0.3) is 0 Å². The van der Waals surface area contributed by atoms with Crippen molar-refractivity contribution in [2.45, 2.75) is 12.6 Å². The van der Waals surface area contributed by atoms with E-state index < -0.39 is 40.4 Å². The van der Waals surface area contributed by atoms with E-state index in [1.165, 1.54) is 0 Å². The van der Waals surface area contributed by atoms with E-state index in [0.29, 0.717) is 0 Å². The highest BCUT2D eigenvalue weighted by atomic mass is 35.5. The molecule has 2 aromatic rings. The van der Waals surface area contributed by atoms with Crippen molar-refractivity contribution < 1.29 is 24.4 Å². The Morgan fingerprint density at radius 2 is 2.00 bits per heavy atom. The van der Waals surface area contributed by atoms with Crippen LogP contribution < -0.4 is 10.6 Å². The van der Waals surface area contributed by atoms with Crippen molar-refractivity contribution in [3.05, 3.63) is 57.5 Å². The zero-order chi connectivity index (χ0) is 19.8. The van der Waals surface area contributed by atoms with E-state index in [4.69, 9.17) is 16.3 Å². The first-order chi connectivity index (χ1) is 12.9. The number of carboxylic acid groups (broad SMARTS) is 1. The van der Waals surface area contributed by atoms with E-state index in [-0.39, 0.29) is 12.4 Å². The summed E-state index contributed by atoms with van der Waals surface area (Å²) in [7, 11) is 0. The van der Waals surface area contributed by atoms with E-state index in [9.17, 15) is 24.8 Å². The van der Waals surface area contributed by atoms with Crippen molar-refractivity contribution in [1.82, 2.24) is 15.3 Å². The number of aliphatic carboxylic acids is 1. The molecule has 1 heterocycles. The minimum absolute atomic E-state index is 0.0422. The molecule has 142 valence electrons. The first-order valence-electron chi connectivity index (χ1n) is 7.47. The van der Waals surface area contributed by atoms with Crippen LogP contribution >= 0.6 is 11.6 Å². The number of benzene rings is 1. The topological polar surface area (TPSA) is 157 Å². The average molecular weight is 396 g/mol. The van der Waals surface area contributed by atoms with E-state index in [0.717, 1.165) is 11.9 Å². The number of rotatable bonds is 8. The van der Waals surface area contributed by atoms with Gasteiger partial charge in [-0.1, -0.05) is 41.9 Å². The van der Waals surface area contributed by atoms with Crippen LogP contribution in [-0.4, -0.2) is 44.6 Å². The molecule has 12 heteroatoms. The minimum Gasteiger partial charge on any atom is -0.480 e. The number of alkyl carbamates (subject to hydrolysis) is 1. The molecule has 1 atom stereocenters. The van der Waals surface area contributed by atoms with Crippen molar-refractivity contribution in [2.75, 3.05) is 11.9 Å². The number of carbonyl (C=O) groups is 2. The number of nitrogens with zero attached hydrogens (tertiary/aromatic N) is 3. The third-order valence-corrected chi connectivity index (χ3v) is 3.51. The Morgan fingerprint density at radius 3 is 2.63 bits per heavy atom. The predicted octanol–water partition coefficient (Wildman–Crippen LogP) is 1.83. The van der Waals surface area contributed by atoms with Crippen molar-refractivity contribution in [2.24, 2.45) is 0 Å². The highest BCUT2D eigenvalue weighted by molar-refractivity contribution is 6.31. The number of nitro groups is 1. The number of nitrogens with one attached hydrogen (secondary N) is 2. The largest absolute Gasteiger partial charge is 0.480 e. The van der Waals surface area contributed by atoms with Gasteiger partial charge in [0.05, 0.1) is 4.92 Å².